The highest BCUT2D eigenvalue weighted by Gasteiger charge is 2.24. The number of aliphatic carboxylic acids is 1. The van der Waals surface area contributed by atoms with Crippen LogP contribution >= 0.6 is 0 Å². The molecule has 134 valence electrons. The minimum Gasteiger partial charge on any atom is -0.481 e. The van der Waals surface area contributed by atoms with Gasteiger partial charge in [0, 0.05) is 49.7 Å². The van der Waals surface area contributed by atoms with E-state index in [0.29, 0.717) is 12.3 Å². The number of nitrogens with two attached hydrogens (primary N) is 1. The molecule has 25 heavy (non-hydrogen) atoms. The predicted molar refractivity (Wildman–Crippen MR) is 94.3 cm³/mol. The molecule has 0 aromatic carbocycles. The summed E-state index contributed by atoms with van der Waals surface area (Å²) < 4.78 is 1.98. The molecule has 1 aliphatic rings. The summed E-state index contributed by atoms with van der Waals surface area (Å²) in [5.41, 5.74) is 7.49. The first kappa shape index (κ1) is 17.2. The quantitative estimate of drug-likeness (QED) is 0.817. The SMILES string of the molecule is Cc1nc(N)nc(N2CCC(Cn3cccn3)CC2)c1CCC(=O)O. The lowest BCUT2D eigenvalue weighted by molar-refractivity contribution is -0.136. The van der Waals surface area contributed by atoms with Crippen molar-refractivity contribution in [3.63, 3.8) is 0 Å². The fourth-order valence-corrected chi connectivity index (χ4v) is 3.39. The highest BCUT2D eigenvalue weighted by molar-refractivity contribution is 5.68. The zero-order chi connectivity index (χ0) is 17.8. The molecule has 1 saturated heterocycles. The summed E-state index contributed by atoms with van der Waals surface area (Å²) in [6.45, 7) is 4.55. The molecular weight excluding hydrogens is 320 g/mol. The van der Waals surface area contributed by atoms with E-state index >= 15 is 0 Å². The van der Waals surface area contributed by atoms with Crippen LogP contribution in [0.3, 0.4) is 0 Å². The second-order valence-corrected chi connectivity index (χ2v) is 6.52. The molecule has 0 amide bonds. The number of carboxylic acid groups (broad SMARTS) is 1. The van der Waals surface area contributed by atoms with Gasteiger partial charge in [0.15, 0.2) is 0 Å². The number of anilines is 2. The Hall–Kier alpha value is -2.64. The highest BCUT2D eigenvalue weighted by atomic mass is 16.4. The van der Waals surface area contributed by atoms with Crippen molar-refractivity contribution >= 4 is 17.7 Å². The Morgan fingerprint density at radius 1 is 1.36 bits per heavy atom. The number of piperidine rings is 1. The lowest BCUT2D eigenvalue weighted by Gasteiger charge is -2.34. The van der Waals surface area contributed by atoms with Crippen molar-refractivity contribution < 1.29 is 9.90 Å². The lowest BCUT2D eigenvalue weighted by Crippen LogP contribution is -2.36. The summed E-state index contributed by atoms with van der Waals surface area (Å²) in [5.74, 6) is 0.799. The number of carboxylic acids is 1. The first-order valence-corrected chi connectivity index (χ1v) is 8.60. The number of aryl methyl sites for hydroxylation is 1. The predicted octanol–water partition coefficient (Wildman–Crippen LogP) is 1.50. The number of rotatable bonds is 6. The largest absolute Gasteiger partial charge is 0.481 e. The molecule has 8 nitrogen and oxygen atoms in total. The zero-order valence-corrected chi connectivity index (χ0v) is 14.4. The van der Waals surface area contributed by atoms with E-state index in [0.717, 1.165) is 49.6 Å². The fraction of sp³-hybridized carbons (Fsp3) is 0.529. The van der Waals surface area contributed by atoms with Crippen LogP contribution in [-0.4, -0.2) is 43.9 Å². The molecule has 0 bridgehead atoms. The second kappa shape index (κ2) is 7.50. The van der Waals surface area contributed by atoms with Crippen LogP contribution in [0.25, 0.3) is 0 Å². The summed E-state index contributed by atoms with van der Waals surface area (Å²) in [6, 6.07) is 1.94. The molecule has 2 aromatic heterocycles. The Morgan fingerprint density at radius 3 is 2.76 bits per heavy atom. The molecule has 0 radical (unpaired) electrons. The Balaban J connectivity index is 1.70. The monoisotopic (exact) mass is 344 g/mol. The van der Waals surface area contributed by atoms with Crippen molar-refractivity contribution in [2.75, 3.05) is 23.7 Å². The molecule has 3 heterocycles. The summed E-state index contributed by atoms with van der Waals surface area (Å²) in [6.07, 6.45) is 6.37. The molecule has 0 saturated carbocycles. The Labute approximate surface area is 146 Å². The number of nitrogens with zero attached hydrogens (tertiary/aromatic N) is 5. The van der Waals surface area contributed by atoms with E-state index in [2.05, 4.69) is 20.0 Å². The highest BCUT2D eigenvalue weighted by Crippen LogP contribution is 2.28. The van der Waals surface area contributed by atoms with E-state index in [1.165, 1.54) is 0 Å². The van der Waals surface area contributed by atoms with Gasteiger partial charge in [-0.25, -0.2) is 4.98 Å². The van der Waals surface area contributed by atoms with Crippen LogP contribution in [0.2, 0.25) is 0 Å². The average molecular weight is 344 g/mol. The van der Waals surface area contributed by atoms with Gasteiger partial charge in [-0.15, -0.1) is 0 Å². The fourth-order valence-electron chi connectivity index (χ4n) is 3.39. The molecule has 2 aromatic rings. The van der Waals surface area contributed by atoms with E-state index in [1.807, 2.05) is 23.9 Å². The van der Waals surface area contributed by atoms with E-state index in [-0.39, 0.29) is 12.4 Å². The standard InChI is InChI=1S/C17H24N6O2/c1-12-14(3-4-15(24)25)16(21-17(18)20-12)22-9-5-13(6-10-22)11-23-8-2-7-19-23/h2,7-8,13H,3-6,9-11H2,1H3,(H,24,25)(H2,18,20,21). The summed E-state index contributed by atoms with van der Waals surface area (Å²) in [7, 11) is 0. The van der Waals surface area contributed by atoms with E-state index < -0.39 is 5.97 Å². The minimum atomic E-state index is -0.819. The number of hydrogen-bond donors (Lipinski definition) is 2. The Morgan fingerprint density at radius 2 is 2.12 bits per heavy atom. The van der Waals surface area contributed by atoms with Crippen molar-refractivity contribution in [2.45, 2.75) is 39.2 Å². The van der Waals surface area contributed by atoms with Crippen molar-refractivity contribution in [3.05, 3.63) is 29.7 Å². The van der Waals surface area contributed by atoms with Gasteiger partial charge < -0.3 is 15.7 Å². The minimum absolute atomic E-state index is 0.0664. The smallest absolute Gasteiger partial charge is 0.303 e. The lowest BCUT2D eigenvalue weighted by atomic mass is 9.96. The molecule has 8 heteroatoms. The van der Waals surface area contributed by atoms with Crippen LogP contribution in [0.5, 0.6) is 0 Å². The van der Waals surface area contributed by atoms with E-state index in [1.54, 1.807) is 6.20 Å². The van der Waals surface area contributed by atoms with Crippen LogP contribution in [0.4, 0.5) is 11.8 Å². The van der Waals surface area contributed by atoms with Crippen molar-refractivity contribution in [3.8, 4) is 0 Å². The van der Waals surface area contributed by atoms with E-state index in [4.69, 9.17) is 10.8 Å². The summed E-state index contributed by atoms with van der Waals surface area (Å²) >= 11 is 0. The third-order valence-electron chi connectivity index (χ3n) is 4.72. The second-order valence-electron chi connectivity index (χ2n) is 6.52. The number of nitrogen functional groups attached to an aromatic ring is 1. The topological polar surface area (TPSA) is 110 Å². The Bertz CT molecular complexity index is 723. The van der Waals surface area contributed by atoms with Gasteiger partial charge in [-0.3, -0.25) is 9.48 Å². The number of hydrogen-bond acceptors (Lipinski definition) is 6. The molecule has 3 N–H and O–H groups in total. The van der Waals surface area contributed by atoms with Gasteiger partial charge in [-0.2, -0.15) is 10.1 Å². The van der Waals surface area contributed by atoms with Crippen LogP contribution in [0.15, 0.2) is 18.5 Å². The first-order valence-electron chi connectivity index (χ1n) is 8.60. The van der Waals surface area contributed by atoms with Crippen molar-refractivity contribution in [2.24, 2.45) is 5.92 Å². The maximum Gasteiger partial charge on any atom is 0.303 e. The van der Waals surface area contributed by atoms with Gasteiger partial charge >= 0.3 is 5.97 Å². The number of carbonyl (C=O) groups is 1. The van der Waals surface area contributed by atoms with Crippen LogP contribution in [0, 0.1) is 12.8 Å². The van der Waals surface area contributed by atoms with Gasteiger partial charge in [0.25, 0.3) is 0 Å². The molecule has 0 aliphatic carbocycles. The molecule has 3 rings (SSSR count). The first-order chi connectivity index (χ1) is 12.0. The zero-order valence-electron chi connectivity index (χ0n) is 14.4. The number of aromatic nitrogens is 4. The normalized spacial score (nSPS) is 15.5. The summed E-state index contributed by atoms with van der Waals surface area (Å²) in [5, 5.41) is 13.3. The molecule has 0 unspecified atom stereocenters. The van der Waals surface area contributed by atoms with Gasteiger partial charge in [0.05, 0.1) is 0 Å². The molecular formula is C17H24N6O2. The van der Waals surface area contributed by atoms with Gasteiger partial charge in [0.2, 0.25) is 5.95 Å². The van der Waals surface area contributed by atoms with Crippen LogP contribution in [-0.2, 0) is 17.8 Å². The Kier molecular flexibility index (Phi) is 5.16. The van der Waals surface area contributed by atoms with Gasteiger partial charge in [0.1, 0.15) is 5.82 Å². The molecule has 0 atom stereocenters. The maximum absolute atomic E-state index is 10.9. The van der Waals surface area contributed by atoms with Crippen molar-refractivity contribution in [1.29, 1.82) is 0 Å². The molecule has 1 fully saturated rings. The third-order valence-corrected chi connectivity index (χ3v) is 4.72. The van der Waals surface area contributed by atoms with Gasteiger partial charge in [-0.05, 0) is 38.2 Å². The van der Waals surface area contributed by atoms with Crippen molar-refractivity contribution in [1.82, 2.24) is 19.7 Å². The van der Waals surface area contributed by atoms with Crippen LogP contribution in [0.1, 0.15) is 30.5 Å². The molecule has 1 aliphatic heterocycles. The molecule has 0 spiro atoms. The maximum atomic E-state index is 10.9. The van der Waals surface area contributed by atoms with E-state index in [9.17, 15) is 4.79 Å². The third kappa shape index (κ3) is 4.26. The van der Waals surface area contributed by atoms with Gasteiger partial charge in [-0.1, -0.05) is 0 Å². The summed E-state index contributed by atoms with van der Waals surface area (Å²) in [4.78, 5) is 21.8. The average Bonchev–Trinajstić information content (AvgIpc) is 3.07. The van der Waals surface area contributed by atoms with Crippen LogP contribution < -0.4 is 10.6 Å².